The largest absolute Gasteiger partial charge is 0.384 e. The first-order valence-corrected chi connectivity index (χ1v) is 7.04. The van der Waals surface area contributed by atoms with Crippen molar-refractivity contribution in [3.8, 4) is 0 Å². The molecule has 96 valence electrons. The Bertz CT molecular complexity index is 536. The molecule has 18 heavy (non-hydrogen) atoms. The molecule has 0 saturated heterocycles. The summed E-state index contributed by atoms with van der Waals surface area (Å²) in [6.45, 7) is 4.80. The zero-order chi connectivity index (χ0) is 13.1. The highest BCUT2D eigenvalue weighted by Crippen LogP contribution is 2.28. The van der Waals surface area contributed by atoms with Crippen LogP contribution in [0.1, 0.15) is 18.3 Å². The lowest BCUT2D eigenvalue weighted by molar-refractivity contribution is 0.632. The third-order valence-corrected chi connectivity index (χ3v) is 4.07. The molecule has 6 heteroatoms. The fraction of sp³-hybridized carbons (Fsp3) is 0.333. The molecule has 0 spiro atoms. The van der Waals surface area contributed by atoms with Crippen molar-refractivity contribution in [3.05, 3.63) is 34.7 Å². The van der Waals surface area contributed by atoms with E-state index in [4.69, 9.17) is 17.3 Å². The molecule has 0 aromatic carbocycles. The summed E-state index contributed by atoms with van der Waals surface area (Å²) in [5, 5.41) is 5.15. The Morgan fingerprint density at radius 2 is 2.22 bits per heavy atom. The number of halogens is 1. The first-order valence-electron chi connectivity index (χ1n) is 5.68. The van der Waals surface area contributed by atoms with Gasteiger partial charge in [-0.25, -0.2) is 4.98 Å². The standard InChI is InChI=1S/C12H15ClN4S/c1-3-17-10(12(13)8(2)16-17)7-18-9-4-5-11(14)15-6-9/h4-6H,3,7H2,1-2H3,(H2,14,15). The summed E-state index contributed by atoms with van der Waals surface area (Å²) < 4.78 is 1.94. The molecular weight excluding hydrogens is 268 g/mol. The maximum absolute atomic E-state index is 6.25. The fourth-order valence-corrected chi connectivity index (χ4v) is 2.81. The van der Waals surface area contributed by atoms with Crippen LogP contribution in [0.2, 0.25) is 5.02 Å². The number of hydrogen-bond acceptors (Lipinski definition) is 4. The fourth-order valence-electron chi connectivity index (χ4n) is 1.64. The highest BCUT2D eigenvalue weighted by molar-refractivity contribution is 7.98. The van der Waals surface area contributed by atoms with Gasteiger partial charge in [-0.1, -0.05) is 11.6 Å². The molecule has 0 atom stereocenters. The van der Waals surface area contributed by atoms with Gasteiger partial charge in [-0.15, -0.1) is 11.8 Å². The number of anilines is 1. The van der Waals surface area contributed by atoms with Gasteiger partial charge < -0.3 is 5.73 Å². The predicted molar refractivity (Wildman–Crippen MR) is 75.9 cm³/mol. The minimum Gasteiger partial charge on any atom is -0.384 e. The Morgan fingerprint density at radius 3 is 2.83 bits per heavy atom. The molecule has 0 saturated carbocycles. The van der Waals surface area contributed by atoms with Crippen molar-refractivity contribution in [1.82, 2.24) is 14.8 Å². The van der Waals surface area contributed by atoms with Crippen LogP contribution in [0.3, 0.4) is 0 Å². The number of nitrogen functional groups attached to an aromatic ring is 1. The molecule has 0 aliphatic carbocycles. The zero-order valence-electron chi connectivity index (χ0n) is 10.4. The Hall–Kier alpha value is -1.20. The van der Waals surface area contributed by atoms with Gasteiger partial charge in [0.2, 0.25) is 0 Å². The third-order valence-electron chi connectivity index (χ3n) is 2.59. The van der Waals surface area contributed by atoms with Gasteiger partial charge in [-0.3, -0.25) is 4.68 Å². The van der Waals surface area contributed by atoms with Crippen LogP contribution in [0, 0.1) is 6.92 Å². The summed E-state index contributed by atoms with van der Waals surface area (Å²) in [5.41, 5.74) is 7.48. The molecule has 0 unspecified atom stereocenters. The lowest BCUT2D eigenvalue weighted by atomic mass is 10.4. The number of hydrogen-bond donors (Lipinski definition) is 1. The number of aryl methyl sites for hydroxylation is 2. The van der Waals surface area contributed by atoms with Crippen molar-refractivity contribution in [3.63, 3.8) is 0 Å². The number of pyridine rings is 1. The minimum atomic E-state index is 0.534. The van der Waals surface area contributed by atoms with Crippen molar-refractivity contribution < 1.29 is 0 Å². The SMILES string of the molecule is CCn1nc(C)c(Cl)c1CSc1ccc(N)nc1. The molecule has 2 aromatic heterocycles. The minimum absolute atomic E-state index is 0.534. The number of nitrogens with two attached hydrogens (primary N) is 1. The average Bonchev–Trinajstić information content (AvgIpc) is 2.65. The summed E-state index contributed by atoms with van der Waals surface area (Å²) in [6, 6.07) is 3.76. The van der Waals surface area contributed by atoms with Crippen molar-refractivity contribution in [1.29, 1.82) is 0 Å². The molecule has 2 N–H and O–H groups in total. The van der Waals surface area contributed by atoms with Crippen LogP contribution in [-0.2, 0) is 12.3 Å². The van der Waals surface area contributed by atoms with E-state index in [-0.39, 0.29) is 0 Å². The lowest BCUT2D eigenvalue weighted by Crippen LogP contribution is -2.01. The van der Waals surface area contributed by atoms with E-state index in [2.05, 4.69) is 17.0 Å². The van der Waals surface area contributed by atoms with Crippen LogP contribution in [-0.4, -0.2) is 14.8 Å². The van der Waals surface area contributed by atoms with Crippen molar-refractivity contribution in [2.45, 2.75) is 31.0 Å². The molecule has 2 aromatic rings. The second-order valence-electron chi connectivity index (χ2n) is 3.87. The molecule has 4 nitrogen and oxygen atoms in total. The van der Waals surface area contributed by atoms with Gasteiger partial charge in [0.1, 0.15) is 5.82 Å². The highest BCUT2D eigenvalue weighted by Gasteiger charge is 2.12. The molecule has 0 amide bonds. The highest BCUT2D eigenvalue weighted by atomic mass is 35.5. The Labute approximate surface area is 116 Å². The van der Waals surface area contributed by atoms with E-state index in [0.29, 0.717) is 5.82 Å². The van der Waals surface area contributed by atoms with E-state index in [1.54, 1.807) is 24.0 Å². The number of rotatable bonds is 4. The van der Waals surface area contributed by atoms with Crippen LogP contribution >= 0.6 is 23.4 Å². The molecule has 0 aliphatic rings. The quantitative estimate of drug-likeness (QED) is 0.876. The summed E-state index contributed by atoms with van der Waals surface area (Å²) >= 11 is 7.93. The van der Waals surface area contributed by atoms with E-state index in [1.165, 1.54) is 0 Å². The molecule has 0 fully saturated rings. The van der Waals surface area contributed by atoms with Gasteiger partial charge in [0.05, 0.1) is 16.4 Å². The van der Waals surface area contributed by atoms with Gasteiger partial charge in [0, 0.05) is 23.4 Å². The second kappa shape index (κ2) is 5.63. The zero-order valence-corrected chi connectivity index (χ0v) is 11.9. The summed E-state index contributed by atoms with van der Waals surface area (Å²) in [4.78, 5) is 5.13. The van der Waals surface area contributed by atoms with Crippen LogP contribution in [0.15, 0.2) is 23.2 Å². The summed E-state index contributed by atoms with van der Waals surface area (Å²) in [7, 11) is 0. The van der Waals surface area contributed by atoms with E-state index in [1.807, 2.05) is 17.7 Å². The number of thioether (sulfide) groups is 1. The second-order valence-corrected chi connectivity index (χ2v) is 5.30. The number of aromatic nitrogens is 3. The first-order chi connectivity index (χ1) is 8.61. The monoisotopic (exact) mass is 282 g/mol. The Morgan fingerprint density at radius 1 is 1.44 bits per heavy atom. The molecular formula is C12H15ClN4S. The van der Waals surface area contributed by atoms with Crippen molar-refractivity contribution >= 4 is 29.2 Å². The maximum Gasteiger partial charge on any atom is 0.123 e. The van der Waals surface area contributed by atoms with Crippen LogP contribution in [0.25, 0.3) is 0 Å². The predicted octanol–water partition coefficient (Wildman–Crippen LogP) is 3.13. The van der Waals surface area contributed by atoms with E-state index < -0.39 is 0 Å². The lowest BCUT2D eigenvalue weighted by Gasteiger charge is -2.05. The average molecular weight is 283 g/mol. The topological polar surface area (TPSA) is 56.7 Å². The molecule has 0 aliphatic heterocycles. The number of nitrogens with zero attached hydrogens (tertiary/aromatic N) is 3. The Balaban J connectivity index is 2.12. The van der Waals surface area contributed by atoms with Gasteiger partial charge in [0.15, 0.2) is 0 Å². The van der Waals surface area contributed by atoms with Crippen LogP contribution < -0.4 is 5.73 Å². The van der Waals surface area contributed by atoms with Crippen LogP contribution in [0.4, 0.5) is 5.82 Å². The summed E-state index contributed by atoms with van der Waals surface area (Å²) in [6.07, 6.45) is 1.77. The first kappa shape index (κ1) is 13.2. The van der Waals surface area contributed by atoms with Crippen LogP contribution in [0.5, 0.6) is 0 Å². The Kier molecular flexibility index (Phi) is 4.14. The molecule has 0 bridgehead atoms. The van der Waals surface area contributed by atoms with Crippen molar-refractivity contribution in [2.75, 3.05) is 5.73 Å². The van der Waals surface area contributed by atoms with E-state index in [9.17, 15) is 0 Å². The normalized spacial score (nSPS) is 10.8. The molecule has 2 heterocycles. The van der Waals surface area contributed by atoms with Gasteiger partial charge in [-0.05, 0) is 26.0 Å². The third kappa shape index (κ3) is 2.79. The van der Waals surface area contributed by atoms with Gasteiger partial charge >= 0.3 is 0 Å². The van der Waals surface area contributed by atoms with Gasteiger partial charge in [-0.2, -0.15) is 5.10 Å². The smallest absolute Gasteiger partial charge is 0.123 e. The van der Waals surface area contributed by atoms with Gasteiger partial charge in [0.25, 0.3) is 0 Å². The van der Waals surface area contributed by atoms with E-state index >= 15 is 0 Å². The molecule has 0 radical (unpaired) electrons. The van der Waals surface area contributed by atoms with Crippen molar-refractivity contribution in [2.24, 2.45) is 0 Å². The maximum atomic E-state index is 6.25. The molecule has 2 rings (SSSR count). The summed E-state index contributed by atoms with van der Waals surface area (Å²) in [5.74, 6) is 1.31. The van der Waals surface area contributed by atoms with E-state index in [0.717, 1.165) is 33.6 Å².